The normalized spacial score (nSPS) is 10.6. The summed E-state index contributed by atoms with van der Waals surface area (Å²) in [6, 6.07) is 6.17. The Hall–Kier alpha value is -0.370. The van der Waals surface area contributed by atoms with Crippen LogP contribution in [0, 0.1) is 0 Å². The van der Waals surface area contributed by atoms with Crippen molar-refractivity contribution in [1.82, 2.24) is 0 Å². The Morgan fingerprint density at radius 2 is 1.40 bits per heavy atom. The molecule has 2 N–H and O–H groups in total. The van der Waals surface area contributed by atoms with Crippen molar-refractivity contribution in [2.45, 2.75) is 0 Å². The Labute approximate surface area is 148 Å². The van der Waals surface area contributed by atoms with E-state index in [1.807, 2.05) is 0 Å². The molecule has 0 saturated carbocycles. The molecular formula is C13H6Br4O3. The summed E-state index contributed by atoms with van der Waals surface area (Å²) in [5.74, 6) is -0.833. The number of aromatic hydroxyl groups is 2. The molecule has 0 amide bonds. The Bertz CT molecular complexity index is 684. The molecule has 2 aromatic rings. The first-order chi connectivity index (χ1) is 9.36. The van der Waals surface area contributed by atoms with Crippen molar-refractivity contribution >= 4 is 69.5 Å². The molecule has 104 valence electrons. The number of carbonyl (C=O) groups excluding carboxylic acids is 1. The van der Waals surface area contributed by atoms with Gasteiger partial charge in [0, 0.05) is 8.95 Å². The quantitative estimate of drug-likeness (QED) is 0.312. The molecule has 0 unspecified atom stereocenters. The molecule has 2 rings (SSSR count). The van der Waals surface area contributed by atoms with Gasteiger partial charge in [-0.1, -0.05) is 12.1 Å². The third kappa shape index (κ3) is 2.68. The van der Waals surface area contributed by atoms with Crippen LogP contribution in [0.15, 0.2) is 42.2 Å². The number of rotatable bonds is 2. The van der Waals surface area contributed by atoms with E-state index in [-0.39, 0.29) is 22.6 Å². The number of phenols is 2. The highest BCUT2D eigenvalue weighted by molar-refractivity contribution is 9.15. The minimum absolute atomic E-state index is 0.0634. The van der Waals surface area contributed by atoms with Crippen molar-refractivity contribution in [3.8, 4) is 11.5 Å². The molecule has 7 heteroatoms. The topological polar surface area (TPSA) is 57.5 Å². The lowest BCUT2D eigenvalue weighted by atomic mass is 10.0. The maximum atomic E-state index is 12.5. The molecule has 0 atom stereocenters. The molecule has 0 aromatic heterocycles. The number of hydrogen-bond acceptors (Lipinski definition) is 3. The lowest BCUT2D eigenvalue weighted by Crippen LogP contribution is -2.04. The predicted molar refractivity (Wildman–Crippen MR) is 90.4 cm³/mol. The number of phenolic OH excluding ortho intramolecular Hbond substituents is 2. The molecule has 0 aliphatic heterocycles. The van der Waals surface area contributed by atoms with E-state index in [1.165, 1.54) is 12.1 Å². The minimum Gasteiger partial charge on any atom is -0.507 e. The second kappa shape index (κ2) is 6.17. The van der Waals surface area contributed by atoms with Crippen molar-refractivity contribution in [2.75, 3.05) is 0 Å². The monoisotopic (exact) mass is 526 g/mol. The SMILES string of the molecule is O=C(c1ccccc1O)c1c(O)c(Br)c(Br)c(Br)c1Br. The molecule has 0 spiro atoms. The van der Waals surface area contributed by atoms with E-state index in [2.05, 4.69) is 63.7 Å². The molecule has 0 aliphatic carbocycles. The standard InChI is InChI=1S/C13H6Br4O3/c14-8-7(13(20)11(17)10(16)9(8)15)12(19)5-3-1-2-4-6(5)18/h1-4,18,20H. The van der Waals surface area contributed by atoms with Gasteiger partial charge in [0.2, 0.25) is 5.78 Å². The number of ketones is 1. The van der Waals surface area contributed by atoms with Crippen LogP contribution in [0.2, 0.25) is 0 Å². The summed E-state index contributed by atoms with van der Waals surface area (Å²) in [4.78, 5) is 12.5. The minimum atomic E-state index is -0.485. The third-order valence-electron chi connectivity index (χ3n) is 2.62. The van der Waals surface area contributed by atoms with E-state index in [4.69, 9.17) is 0 Å². The van der Waals surface area contributed by atoms with Crippen molar-refractivity contribution in [2.24, 2.45) is 0 Å². The Kier molecular flexibility index (Phi) is 4.94. The molecule has 0 fully saturated rings. The van der Waals surface area contributed by atoms with Crippen LogP contribution < -0.4 is 0 Å². The van der Waals surface area contributed by atoms with Crippen LogP contribution in [0.4, 0.5) is 0 Å². The fourth-order valence-electron chi connectivity index (χ4n) is 1.63. The van der Waals surface area contributed by atoms with Gasteiger partial charge in [-0.15, -0.1) is 0 Å². The molecule has 0 bridgehead atoms. The zero-order valence-corrected chi connectivity index (χ0v) is 16.0. The number of para-hydroxylation sites is 1. The summed E-state index contributed by atoms with van der Waals surface area (Å²) in [6.45, 7) is 0. The maximum absolute atomic E-state index is 12.5. The third-order valence-corrected chi connectivity index (χ3v) is 7.37. The van der Waals surface area contributed by atoms with Crippen LogP contribution in [-0.2, 0) is 0 Å². The summed E-state index contributed by atoms with van der Waals surface area (Å²) >= 11 is 13.1. The highest BCUT2D eigenvalue weighted by Crippen LogP contribution is 2.46. The second-order valence-electron chi connectivity index (χ2n) is 3.83. The van der Waals surface area contributed by atoms with Crippen molar-refractivity contribution in [3.63, 3.8) is 0 Å². The van der Waals surface area contributed by atoms with Gasteiger partial charge in [0.15, 0.2) is 0 Å². The van der Waals surface area contributed by atoms with Crippen LogP contribution in [-0.4, -0.2) is 16.0 Å². The highest BCUT2D eigenvalue weighted by atomic mass is 79.9. The first kappa shape index (κ1) is 16.0. The van der Waals surface area contributed by atoms with E-state index in [9.17, 15) is 15.0 Å². The van der Waals surface area contributed by atoms with E-state index >= 15 is 0 Å². The molecule has 0 saturated heterocycles. The van der Waals surface area contributed by atoms with Gasteiger partial charge < -0.3 is 10.2 Å². The smallest absolute Gasteiger partial charge is 0.201 e. The molecule has 0 radical (unpaired) electrons. The van der Waals surface area contributed by atoms with Crippen LogP contribution in [0.1, 0.15) is 15.9 Å². The summed E-state index contributed by atoms with van der Waals surface area (Å²) in [5, 5.41) is 19.9. The van der Waals surface area contributed by atoms with Crippen LogP contribution in [0.25, 0.3) is 0 Å². The molecule has 20 heavy (non-hydrogen) atoms. The van der Waals surface area contributed by atoms with Crippen LogP contribution >= 0.6 is 63.7 Å². The Balaban J connectivity index is 2.71. The van der Waals surface area contributed by atoms with Gasteiger partial charge in [-0.3, -0.25) is 4.79 Å². The van der Waals surface area contributed by atoms with Gasteiger partial charge in [0.25, 0.3) is 0 Å². The summed E-state index contributed by atoms with van der Waals surface area (Å²) in [6.07, 6.45) is 0. The number of halogens is 4. The van der Waals surface area contributed by atoms with Gasteiger partial charge in [-0.25, -0.2) is 0 Å². The first-order valence-electron chi connectivity index (χ1n) is 5.23. The van der Waals surface area contributed by atoms with Crippen molar-refractivity contribution in [3.05, 3.63) is 53.3 Å². The summed E-state index contributed by atoms with van der Waals surface area (Å²) in [7, 11) is 0. The zero-order chi connectivity index (χ0) is 15.0. The molecular weight excluding hydrogens is 524 g/mol. The highest BCUT2D eigenvalue weighted by Gasteiger charge is 2.25. The fourth-order valence-corrected chi connectivity index (χ4v) is 3.90. The molecule has 0 aliphatic rings. The molecule has 0 heterocycles. The van der Waals surface area contributed by atoms with Gasteiger partial charge >= 0.3 is 0 Å². The lowest BCUT2D eigenvalue weighted by Gasteiger charge is -2.13. The van der Waals surface area contributed by atoms with E-state index in [0.717, 1.165) is 0 Å². The fraction of sp³-hybridized carbons (Fsp3) is 0. The zero-order valence-electron chi connectivity index (χ0n) is 9.62. The van der Waals surface area contributed by atoms with Crippen molar-refractivity contribution < 1.29 is 15.0 Å². The maximum Gasteiger partial charge on any atom is 0.201 e. The average Bonchev–Trinajstić information content (AvgIpc) is 2.43. The summed E-state index contributed by atoms with van der Waals surface area (Å²) < 4.78 is 1.92. The number of carbonyl (C=O) groups is 1. The van der Waals surface area contributed by atoms with Gasteiger partial charge in [-0.2, -0.15) is 0 Å². The second-order valence-corrected chi connectivity index (χ2v) is 7.00. The largest absolute Gasteiger partial charge is 0.507 e. The van der Waals surface area contributed by atoms with Crippen LogP contribution in [0.3, 0.4) is 0 Å². The Morgan fingerprint density at radius 3 is 2.00 bits per heavy atom. The Morgan fingerprint density at radius 1 is 0.850 bits per heavy atom. The molecule has 2 aromatic carbocycles. The van der Waals surface area contributed by atoms with E-state index < -0.39 is 5.78 Å². The van der Waals surface area contributed by atoms with Gasteiger partial charge in [0.1, 0.15) is 11.5 Å². The number of benzene rings is 2. The molecule has 3 nitrogen and oxygen atoms in total. The van der Waals surface area contributed by atoms with E-state index in [1.54, 1.807) is 12.1 Å². The summed E-state index contributed by atoms with van der Waals surface area (Å²) in [5.41, 5.74) is 0.179. The van der Waals surface area contributed by atoms with Crippen LogP contribution in [0.5, 0.6) is 11.5 Å². The average molecular weight is 530 g/mol. The number of hydrogen-bond donors (Lipinski definition) is 2. The van der Waals surface area contributed by atoms with E-state index in [0.29, 0.717) is 17.9 Å². The predicted octanol–water partition coefficient (Wildman–Crippen LogP) is 5.38. The van der Waals surface area contributed by atoms with Gasteiger partial charge in [-0.05, 0) is 75.9 Å². The first-order valence-corrected chi connectivity index (χ1v) is 8.41. The lowest BCUT2D eigenvalue weighted by molar-refractivity contribution is 0.103. The van der Waals surface area contributed by atoms with Gasteiger partial charge in [0.05, 0.1) is 20.1 Å². The van der Waals surface area contributed by atoms with Crippen molar-refractivity contribution in [1.29, 1.82) is 0 Å².